The topological polar surface area (TPSA) is 77.1 Å². The summed E-state index contributed by atoms with van der Waals surface area (Å²) in [5.74, 6) is 0.177. The Morgan fingerprint density at radius 3 is 2.37 bits per heavy atom. The summed E-state index contributed by atoms with van der Waals surface area (Å²) >= 11 is 11.4. The van der Waals surface area contributed by atoms with Crippen molar-refractivity contribution in [2.45, 2.75) is 6.61 Å². The van der Waals surface area contributed by atoms with Crippen molar-refractivity contribution >= 4 is 52.5 Å². The summed E-state index contributed by atoms with van der Waals surface area (Å²) in [6.45, 7) is -0.120. The van der Waals surface area contributed by atoms with E-state index >= 15 is 0 Å². The summed E-state index contributed by atoms with van der Waals surface area (Å²) < 4.78 is 31.1. The molecular formula is C31H22ClFN2O5S. The van der Waals surface area contributed by atoms with Crippen LogP contribution < -0.4 is 24.4 Å². The van der Waals surface area contributed by atoms with Crippen LogP contribution in [0.15, 0.2) is 96.6 Å². The van der Waals surface area contributed by atoms with Gasteiger partial charge in [0.25, 0.3) is 11.8 Å². The van der Waals surface area contributed by atoms with Gasteiger partial charge in [0, 0.05) is 5.56 Å². The average Bonchev–Trinajstić information content (AvgIpc) is 2.96. The second kappa shape index (κ2) is 12.2. The zero-order valence-corrected chi connectivity index (χ0v) is 23.2. The Kier molecular flexibility index (Phi) is 8.28. The van der Waals surface area contributed by atoms with Gasteiger partial charge >= 0.3 is 0 Å². The zero-order valence-electron chi connectivity index (χ0n) is 21.6. The second-order valence-electron chi connectivity index (χ2n) is 8.77. The molecule has 41 heavy (non-hydrogen) atoms. The Bertz CT molecular complexity index is 1640. The maximum atomic E-state index is 14.1. The van der Waals surface area contributed by atoms with Gasteiger partial charge in [-0.3, -0.25) is 19.8 Å². The first-order valence-electron chi connectivity index (χ1n) is 12.3. The quantitative estimate of drug-likeness (QED) is 0.140. The highest BCUT2D eigenvalue weighted by Crippen LogP contribution is 2.32. The van der Waals surface area contributed by atoms with Crippen LogP contribution in [0.25, 0.3) is 6.08 Å². The number of methoxy groups -OCH3 is 1. The molecule has 7 nitrogen and oxygen atoms in total. The van der Waals surface area contributed by atoms with E-state index in [0.29, 0.717) is 34.2 Å². The summed E-state index contributed by atoms with van der Waals surface area (Å²) in [6, 6.07) is 25.2. The third-order valence-corrected chi connectivity index (χ3v) is 6.75. The van der Waals surface area contributed by atoms with E-state index in [4.69, 9.17) is 38.0 Å². The molecule has 1 N–H and O–H groups in total. The standard InChI is InChI=1S/C31H22ClFN2O5S/c1-38-28-17-19(10-15-27(28)39-18-24-25(32)8-5-9-26(24)33)16-23-29(36)34-31(41)35(30(23)37)20-11-13-22(14-12-20)40-21-6-3-2-4-7-21/h2-17H,18H2,1H3,(H,34,36,41). The summed E-state index contributed by atoms with van der Waals surface area (Å²) in [6.07, 6.45) is 1.43. The molecule has 10 heteroatoms. The fourth-order valence-corrected chi connectivity index (χ4v) is 4.56. The highest BCUT2D eigenvalue weighted by molar-refractivity contribution is 7.80. The molecule has 0 spiro atoms. The van der Waals surface area contributed by atoms with Crippen molar-refractivity contribution < 1.29 is 28.2 Å². The summed E-state index contributed by atoms with van der Waals surface area (Å²) in [5.41, 5.74) is 1.04. The molecular weight excluding hydrogens is 567 g/mol. The van der Waals surface area contributed by atoms with Crippen LogP contribution in [-0.2, 0) is 16.2 Å². The highest BCUT2D eigenvalue weighted by Gasteiger charge is 2.34. The van der Waals surface area contributed by atoms with Crippen LogP contribution in [0.5, 0.6) is 23.0 Å². The summed E-state index contributed by atoms with van der Waals surface area (Å²) in [7, 11) is 1.44. The smallest absolute Gasteiger partial charge is 0.270 e. The minimum atomic E-state index is -0.631. The minimum absolute atomic E-state index is 0.0398. The number of amides is 2. The van der Waals surface area contributed by atoms with E-state index in [0.717, 1.165) is 0 Å². The maximum Gasteiger partial charge on any atom is 0.270 e. The lowest BCUT2D eigenvalue weighted by atomic mass is 10.1. The second-order valence-corrected chi connectivity index (χ2v) is 9.56. The number of hydrogen-bond acceptors (Lipinski definition) is 6. The van der Waals surface area contributed by atoms with Crippen LogP contribution in [-0.4, -0.2) is 24.0 Å². The van der Waals surface area contributed by atoms with Crippen molar-refractivity contribution in [2.24, 2.45) is 0 Å². The van der Waals surface area contributed by atoms with Crippen LogP contribution in [0.2, 0.25) is 5.02 Å². The lowest BCUT2D eigenvalue weighted by molar-refractivity contribution is -0.122. The number of para-hydroxylation sites is 1. The number of rotatable bonds is 8. The monoisotopic (exact) mass is 588 g/mol. The van der Waals surface area contributed by atoms with E-state index < -0.39 is 17.6 Å². The van der Waals surface area contributed by atoms with Gasteiger partial charge in [-0.05, 0) is 84.5 Å². The molecule has 1 saturated heterocycles. The fraction of sp³-hybridized carbons (Fsp3) is 0.0645. The van der Waals surface area contributed by atoms with E-state index in [1.165, 1.54) is 30.2 Å². The van der Waals surface area contributed by atoms with Gasteiger partial charge in [-0.1, -0.05) is 41.9 Å². The number of thiocarbonyl (C=S) groups is 1. The van der Waals surface area contributed by atoms with Gasteiger partial charge in [-0.15, -0.1) is 0 Å². The van der Waals surface area contributed by atoms with Crippen LogP contribution in [0, 0.1) is 5.82 Å². The molecule has 1 aliphatic heterocycles. The minimum Gasteiger partial charge on any atom is -0.493 e. The Morgan fingerprint density at radius 1 is 0.927 bits per heavy atom. The SMILES string of the molecule is COc1cc(C=C2C(=O)NC(=S)N(c3ccc(Oc4ccccc4)cc3)C2=O)ccc1OCc1c(F)cccc1Cl. The number of ether oxygens (including phenoxy) is 3. The van der Waals surface area contributed by atoms with Crippen molar-refractivity contribution in [3.63, 3.8) is 0 Å². The number of carbonyl (C=O) groups is 2. The normalized spacial score (nSPS) is 14.2. The highest BCUT2D eigenvalue weighted by atomic mass is 35.5. The van der Waals surface area contributed by atoms with Crippen LogP contribution in [0.4, 0.5) is 10.1 Å². The molecule has 206 valence electrons. The van der Waals surface area contributed by atoms with Crippen molar-refractivity contribution in [2.75, 3.05) is 12.0 Å². The Balaban J connectivity index is 1.36. The van der Waals surface area contributed by atoms with Crippen molar-refractivity contribution in [1.29, 1.82) is 0 Å². The van der Waals surface area contributed by atoms with Gasteiger partial charge in [-0.25, -0.2) is 4.39 Å². The molecule has 0 atom stereocenters. The third kappa shape index (κ3) is 6.21. The predicted octanol–water partition coefficient (Wildman–Crippen LogP) is 6.69. The number of nitrogens with one attached hydrogen (secondary N) is 1. The molecule has 2 amide bonds. The molecule has 1 aliphatic rings. The molecule has 0 bridgehead atoms. The van der Waals surface area contributed by atoms with E-state index in [1.807, 2.05) is 30.3 Å². The third-order valence-electron chi connectivity index (χ3n) is 6.11. The lowest BCUT2D eigenvalue weighted by Crippen LogP contribution is -2.54. The molecule has 0 aromatic heterocycles. The van der Waals surface area contributed by atoms with E-state index in [9.17, 15) is 14.0 Å². The van der Waals surface area contributed by atoms with Gasteiger partial charge in [0.2, 0.25) is 0 Å². The molecule has 1 fully saturated rings. The predicted molar refractivity (Wildman–Crippen MR) is 158 cm³/mol. The largest absolute Gasteiger partial charge is 0.493 e. The first-order valence-corrected chi connectivity index (χ1v) is 13.1. The maximum absolute atomic E-state index is 14.1. The van der Waals surface area contributed by atoms with Crippen LogP contribution >= 0.6 is 23.8 Å². The van der Waals surface area contributed by atoms with Gasteiger partial charge in [0.1, 0.15) is 29.5 Å². The molecule has 5 rings (SSSR count). The van der Waals surface area contributed by atoms with Gasteiger partial charge in [0.05, 0.1) is 17.8 Å². The summed E-state index contributed by atoms with van der Waals surface area (Å²) in [4.78, 5) is 27.4. The van der Waals surface area contributed by atoms with E-state index in [2.05, 4.69) is 5.32 Å². The Morgan fingerprint density at radius 2 is 1.66 bits per heavy atom. The number of carbonyl (C=O) groups excluding carboxylic acids is 2. The first kappa shape index (κ1) is 27.8. The fourth-order valence-electron chi connectivity index (χ4n) is 4.06. The molecule has 0 unspecified atom stereocenters. The van der Waals surface area contributed by atoms with Gasteiger partial charge < -0.3 is 14.2 Å². The average molecular weight is 589 g/mol. The van der Waals surface area contributed by atoms with Crippen LogP contribution in [0.1, 0.15) is 11.1 Å². The van der Waals surface area contributed by atoms with Crippen molar-refractivity contribution in [1.82, 2.24) is 5.32 Å². The van der Waals surface area contributed by atoms with Crippen molar-refractivity contribution in [3.05, 3.63) is 119 Å². The molecule has 4 aromatic carbocycles. The zero-order chi connectivity index (χ0) is 28.9. The van der Waals surface area contributed by atoms with Gasteiger partial charge in [0.15, 0.2) is 16.6 Å². The number of halogens is 2. The van der Waals surface area contributed by atoms with Crippen LogP contribution in [0.3, 0.4) is 0 Å². The molecule has 1 heterocycles. The van der Waals surface area contributed by atoms with E-state index in [1.54, 1.807) is 48.5 Å². The summed E-state index contributed by atoms with van der Waals surface area (Å²) in [5, 5.41) is 2.77. The van der Waals surface area contributed by atoms with Gasteiger partial charge in [-0.2, -0.15) is 0 Å². The number of anilines is 1. The molecule has 4 aromatic rings. The Hall–Kier alpha value is -4.73. The molecule has 0 aliphatic carbocycles. The molecule has 0 radical (unpaired) electrons. The number of benzene rings is 4. The number of hydrogen-bond donors (Lipinski definition) is 1. The lowest BCUT2D eigenvalue weighted by Gasteiger charge is -2.29. The van der Waals surface area contributed by atoms with Crippen molar-refractivity contribution in [3.8, 4) is 23.0 Å². The van der Waals surface area contributed by atoms with E-state index in [-0.39, 0.29) is 27.9 Å². The number of nitrogens with zero attached hydrogens (tertiary/aromatic N) is 1. The Labute approximate surface area is 245 Å². The first-order chi connectivity index (χ1) is 19.8. The molecule has 0 saturated carbocycles.